The van der Waals surface area contributed by atoms with Crippen LogP contribution in [0.25, 0.3) is 0 Å². The van der Waals surface area contributed by atoms with Crippen LogP contribution in [0, 0.1) is 6.92 Å². The molecule has 0 saturated carbocycles. The van der Waals surface area contributed by atoms with Gasteiger partial charge >= 0.3 is 0 Å². The zero-order valence-corrected chi connectivity index (χ0v) is 13.5. The van der Waals surface area contributed by atoms with Crippen molar-refractivity contribution >= 4 is 29.3 Å². The molecule has 0 aliphatic rings. The number of rotatable bonds is 6. The SMILES string of the molecule is Cc1ccc(C(=O)NCCSCc2ccc(Cl)cc2)cc1. The van der Waals surface area contributed by atoms with Gasteiger partial charge in [0.1, 0.15) is 0 Å². The molecule has 2 nitrogen and oxygen atoms in total. The lowest BCUT2D eigenvalue weighted by Crippen LogP contribution is -2.25. The third-order valence-electron chi connectivity index (χ3n) is 3.03. The minimum atomic E-state index is -0.0120. The molecule has 0 aromatic heterocycles. The Morgan fingerprint density at radius 1 is 1.10 bits per heavy atom. The Hall–Kier alpha value is -1.45. The van der Waals surface area contributed by atoms with Gasteiger partial charge in [0.15, 0.2) is 0 Å². The van der Waals surface area contributed by atoms with Crippen molar-refractivity contribution in [1.29, 1.82) is 0 Å². The van der Waals surface area contributed by atoms with E-state index in [0.29, 0.717) is 12.1 Å². The number of hydrogen-bond acceptors (Lipinski definition) is 2. The molecule has 0 aliphatic carbocycles. The summed E-state index contributed by atoms with van der Waals surface area (Å²) in [5.74, 6) is 1.81. The Morgan fingerprint density at radius 3 is 2.43 bits per heavy atom. The summed E-state index contributed by atoms with van der Waals surface area (Å²) in [5.41, 5.74) is 3.11. The maximum atomic E-state index is 11.9. The van der Waals surface area contributed by atoms with E-state index >= 15 is 0 Å². The lowest BCUT2D eigenvalue weighted by atomic mass is 10.1. The van der Waals surface area contributed by atoms with E-state index in [2.05, 4.69) is 5.32 Å². The molecule has 1 amide bonds. The van der Waals surface area contributed by atoms with Crippen LogP contribution in [0.3, 0.4) is 0 Å². The Kier molecular flexibility index (Phi) is 6.15. The molecule has 0 saturated heterocycles. The average Bonchev–Trinajstić information content (AvgIpc) is 2.49. The van der Waals surface area contributed by atoms with E-state index in [0.717, 1.165) is 22.1 Å². The van der Waals surface area contributed by atoms with E-state index < -0.39 is 0 Å². The molecule has 0 fully saturated rings. The van der Waals surface area contributed by atoms with Crippen LogP contribution in [0.15, 0.2) is 48.5 Å². The number of hydrogen-bond donors (Lipinski definition) is 1. The number of halogens is 1. The van der Waals surface area contributed by atoms with Crippen molar-refractivity contribution in [3.8, 4) is 0 Å². The summed E-state index contributed by atoms with van der Waals surface area (Å²) in [4.78, 5) is 11.9. The first-order chi connectivity index (χ1) is 10.1. The Bertz CT molecular complexity index is 581. The van der Waals surface area contributed by atoms with E-state index in [1.807, 2.05) is 55.5 Å². The standard InChI is InChI=1S/C17H18ClNOS/c1-13-2-6-15(7-3-13)17(20)19-10-11-21-12-14-4-8-16(18)9-5-14/h2-9H,10-12H2,1H3,(H,19,20). The summed E-state index contributed by atoms with van der Waals surface area (Å²) in [5, 5.41) is 3.69. The van der Waals surface area contributed by atoms with Gasteiger partial charge in [-0.1, -0.05) is 41.4 Å². The topological polar surface area (TPSA) is 29.1 Å². The molecule has 21 heavy (non-hydrogen) atoms. The van der Waals surface area contributed by atoms with Crippen LogP contribution < -0.4 is 5.32 Å². The van der Waals surface area contributed by atoms with Crippen molar-refractivity contribution in [3.63, 3.8) is 0 Å². The quantitative estimate of drug-likeness (QED) is 0.804. The lowest BCUT2D eigenvalue weighted by Gasteiger charge is -2.06. The fraction of sp³-hybridized carbons (Fsp3) is 0.235. The second kappa shape index (κ2) is 8.11. The summed E-state index contributed by atoms with van der Waals surface area (Å²) in [6, 6.07) is 15.5. The first-order valence-electron chi connectivity index (χ1n) is 6.82. The smallest absolute Gasteiger partial charge is 0.251 e. The Labute approximate surface area is 134 Å². The van der Waals surface area contributed by atoms with Crippen LogP contribution in [0.2, 0.25) is 5.02 Å². The molecule has 0 heterocycles. The molecule has 2 aromatic carbocycles. The number of aryl methyl sites for hydroxylation is 1. The Morgan fingerprint density at radius 2 is 1.76 bits per heavy atom. The number of thioether (sulfide) groups is 1. The summed E-state index contributed by atoms with van der Waals surface area (Å²) in [6.07, 6.45) is 0. The first kappa shape index (κ1) is 15.9. The van der Waals surface area contributed by atoms with Gasteiger partial charge in [-0.3, -0.25) is 4.79 Å². The third kappa shape index (κ3) is 5.44. The van der Waals surface area contributed by atoms with Gasteiger partial charge in [0.05, 0.1) is 0 Å². The van der Waals surface area contributed by atoms with Crippen molar-refractivity contribution in [2.45, 2.75) is 12.7 Å². The van der Waals surface area contributed by atoms with Gasteiger partial charge < -0.3 is 5.32 Å². The summed E-state index contributed by atoms with van der Waals surface area (Å²) in [6.45, 7) is 2.68. The van der Waals surface area contributed by atoms with E-state index in [1.165, 1.54) is 5.56 Å². The van der Waals surface area contributed by atoms with Gasteiger partial charge in [-0.25, -0.2) is 0 Å². The van der Waals surface area contributed by atoms with Crippen molar-refractivity contribution in [3.05, 3.63) is 70.2 Å². The molecule has 110 valence electrons. The van der Waals surface area contributed by atoms with Crippen molar-refractivity contribution in [1.82, 2.24) is 5.32 Å². The molecule has 0 aliphatic heterocycles. The summed E-state index contributed by atoms with van der Waals surface area (Å²) in [7, 11) is 0. The molecular weight excluding hydrogens is 302 g/mol. The van der Waals surface area contributed by atoms with Gasteiger partial charge in [0, 0.05) is 28.6 Å². The molecule has 4 heteroatoms. The van der Waals surface area contributed by atoms with Crippen molar-refractivity contribution in [2.75, 3.05) is 12.3 Å². The number of amides is 1. The Balaban J connectivity index is 1.66. The van der Waals surface area contributed by atoms with Gasteiger partial charge in [-0.05, 0) is 36.8 Å². The maximum absolute atomic E-state index is 11.9. The molecule has 0 bridgehead atoms. The minimum absolute atomic E-state index is 0.0120. The molecule has 1 N–H and O–H groups in total. The van der Waals surface area contributed by atoms with Crippen LogP contribution >= 0.6 is 23.4 Å². The highest BCUT2D eigenvalue weighted by Gasteiger charge is 2.03. The predicted molar refractivity (Wildman–Crippen MR) is 91.1 cm³/mol. The zero-order valence-electron chi connectivity index (χ0n) is 11.9. The number of carbonyl (C=O) groups is 1. The van der Waals surface area contributed by atoms with E-state index in [4.69, 9.17) is 11.6 Å². The van der Waals surface area contributed by atoms with Crippen LogP contribution in [-0.2, 0) is 5.75 Å². The normalized spacial score (nSPS) is 10.4. The highest BCUT2D eigenvalue weighted by molar-refractivity contribution is 7.98. The predicted octanol–water partition coefficient (Wildman–Crippen LogP) is 4.31. The summed E-state index contributed by atoms with van der Waals surface area (Å²) >= 11 is 7.64. The van der Waals surface area contributed by atoms with E-state index in [-0.39, 0.29) is 5.91 Å². The monoisotopic (exact) mass is 319 g/mol. The van der Waals surface area contributed by atoms with Crippen LogP contribution in [0.1, 0.15) is 21.5 Å². The maximum Gasteiger partial charge on any atom is 0.251 e. The first-order valence-corrected chi connectivity index (χ1v) is 8.35. The number of benzene rings is 2. The van der Waals surface area contributed by atoms with Crippen LogP contribution in [0.4, 0.5) is 0 Å². The molecule has 0 radical (unpaired) electrons. The van der Waals surface area contributed by atoms with Crippen molar-refractivity contribution in [2.24, 2.45) is 0 Å². The van der Waals surface area contributed by atoms with E-state index in [9.17, 15) is 4.79 Å². The molecule has 0 unspecified atom stereocenters. The van der Waals surface area contributed by atoms with Gasteiger partial charge in [0.25, 0.3) is 5.91 Å². The van der Waals surface area contributed by atoms with E-state index in [1.54, 1.807) is 11.8 Å². The third-order valence-corrected chi connectivity index (χ3v) is 4.31. The second-order valence-corrected chi connectivity index (χ2v) is 6.34. The number of nitrogens with one attached hydrogen (secondary N) is 1. The van der Waals surface area contributed by atoms with Gasteiger partial charge in [-0.15, -0.1) is 0 Å². The molecular formula is C17H18ClNOS. The largest absolute Gasteiger partial charge is 0.351 e. The molecule has 0 spiro atoms. The van der Waals surface area contributed by atoms with Crippen LogP contribution in [-0.4, -0.2) is 18.2 Å². The van der Waals surface area contributed by atoms with Crippen LogP contribution in [0.5, 0.6) is 0 Å². The average molecular weight is 320 g/mol. The minimum Gasteiger partial charge on any atom is -0.351 e. The van der Waals surface area contributed by atoms with Crippen molar-refractivity contribution < 1.29 is 4.79 Å². The summed E-state index contributed by atoms with van der Waals surface area (Å²) < 4.78 is 0. The van der Waals surface area contributed by atoms with Gasteiger partial charge in [0.2, 0.25) is 0 Å². The highest BCUT2D eigenvalue weighted by Crippen LogP contribution is 2.15. The number of carbonyl (C=O) groups excluding carboxylic acids is 1. The zero-order chi connectivity index (χ0) is 15.1. The van der Waals surface area contributed by atoms with Gasteiger partial charge in [-0.2, -0.15) is 11.8 Å². The highest BCUT2D eigenvalue weighted by atomic mass is 35.5. The lowest BCUT2D eigenvalue weighted by molar-refractivity contribution is 0.0956. The molecule has 2 rings (SSSR count). The fourth-order valence-corrected chi connectivity index (χ4v) is 2.76. The fourth-order valence-electron chi connectivity index (χ4n) is 1.81. The molecule has 2 aromatic rings. The second-order valence-electron chi connectivity index (χ2n) is 4.80. The molecule has 0 atom stereocenters.